The van der Waals surface area contributed by atoms with Crippen molar-refractivity contribution in [1.82, 2.24) is 10.3 Å². The zero-order valence-corrected chi connectivity index (χ0v) is 9.35. The van der Waals surface area contributed by atoms with Crippen LogP contribution >= 0.6 is 0 Å². The molecule has 0 aromatic heterocycles. The number of hydrogen-bond acceptors (Lipinski definition) is 5. The Balaban J connectivity index is 1.73. The highest BCUT2D eigenvalue weighted by Crippen LogP contribution is 2.20. The van der Waals surface area contributed by atoms with E-state index in [0.29, 0.717) is 0 Å². The van der Waals surface area contributed by atoms with E-state index in [1.807, 2.05) is 0 Å². The Morgan fingerprint density at radius 3 is 2.81 bits per heavy atom. The third kappa shape index (κ3) is 2.91. The summed E-state index contributed by atoms with van der Waals surface area (Å²) in [5.41, 5.74) is 2.13. The molecule has 2 aliphatic heterocycles. The van der Waals surface area contributed by atoms with Gasteiger partial charge in [0.1, 0.15) is 6.10 Å². The van der Waals surface area contributed by atoms with Gasteiger partial charge in [-0.05, 0) is 12.8 Å². The lowest BCUT2D eigenvalue weighted by molar-refractivity contribution is -0.132. The molecule has 0 spiro atoms. The van der Waals surface area contributed by atoms with Gasteiger partial charge in [-0.1, -0.05) is 0 Å². The van der Waals surface area contributed by atoms with Gasteiger partial charge < -0.3 is 9.47 Å². The fraction of sp³-hybridized carbons (Fsp3) is 0.900. The molecule has 0 bridgehead atoms. The first-order valence-corrected chi connectivity index (χ1v) is 5.75. The summed E-state index contributed by atoms with van der Waals surface area (Å²) in [6, 6.07) is 0. The minimum Gasteiger partial charge on any atom is -0.379 e. The Kier molecular flexibility index (Phi) is 4.11. The first kappa shape index (κ1) is 11.8. The number of ether oxygens (including phenoxy) is 2. The lowest BCUT2D eigenvalue weighted by Gasteiger charge is -2.28. The van der Waals surface area contributed by atoms with Crippen LogP contribution in [-0.4, -0.2) is 55.9 Å². The topological polar surface area (TPSA) is 76.8 Å². The molecule has 2 saturated heterocycles. The summed E-state index contributed by atoms with van der Waals surface area (Å²) in [5, 5.41) is 0. The van der Waals surface area contributed by atoms with E-state index in [4.69, 9.17) is 15.3 Å². The molecule has 3 N–H and O–H groups in total. The Bertz CT molecular complexity index is 243. The van der Waals surface area contributed by atoms with E-state index >= 15 is 0 Å². The van der Waals surface area contributed by atoms with Crippen molar-refractivity contribution in [3.8, 4) is 0 Å². The molecule has 0 aromatic carbocycles. The van der Waals surface area contributed by atoms with Gasteiger partial charge in [-0.2, -0.15) is 0 Å². The zero-order valence-electron chi connectivity index (χ0n) is 9.35. The number of hydrogen-bond donors (Lipinski definition) is 2. The molecule has 2 aliphatic rings. The molecular formula is C10H19N3O3. The molecular weight excluding hydrogens is 210 g/mol. The zero-order chi connectivity index (χ0) is 11.4. The third-order valence-corrected chi connectivity index (χ3v) is 3.11. The van der Waals surface area contributed by atoms with Crippen LogP contribution < -0.4 is 11.3 Å². The highest BCUT2D eigenvalue weighted by atomic mass is 16.5. The molecule has 2 unspecified atom stereocenters. The second-order valence-corrected chi connectivity index (χ2v) is 4.25. The van der Waals surface area contributed by atoms with Crippen molar-refractivity contribution in [2.45, 2.75) is 25.0 Å². The van der Waals surface area contributed by atoms with E-state index in [9.17, 15) is 4.79 Å². The molecule has 0 aromatic rings. The van der Waals surface area contributed by atoms with E-state index in [1.54, 1.807) is 0 Å². The van der Waals surface area contributed by atoms with E-state index in [2.05, 4.69) is 10.3 Å². The second-order valence-electron chi connectivity index (χ2n) is 4.25. The monoisotopic (exact) mass is 229 g/mol. The molecule has 2 heterocycles. The Hall–Kier alpha value is -0.690. The van der Waals surface area contributed by atoms with Crippen molar-refractivity contribution < 1.29 is 14.3 Å². The van der Waals surface area contributed by atoms with Crippen LogP contribution in [-0.2, 0) is 14.3 Å². The molecule has 6 nitrogen and oxygen atoms in total. The van der Waals surface area contributed by atoms with Crippen LogP contribution in [0.25, 0.3) is 0 Å². The van der Waals surface area contributed by atoms with Gasteiger partial charge in [0.15, 0.2) is 0 Å². The summed E-state index contributed by atoms with van der Waals surface area (Å²) in [6.07, 6.45) is 1.48. The van der Waals surface area contributed by atoms with Crippen LogP contribution in [0.5, 0.6) is 0 Å². The number of nitrogens with two attached hydrogens (primary N) is 1. The molecule has 6 heteroatoms. The number of rotatable bonds is 3. The average molecular weight is 229 g/mol. The van der Waals surface area contributed by atoms with Crippen LogP contribution in [0.1, 0.15) is 12.8 Å². The molecule has 1 amide bonds. The summed E-state index contributed by atoms with van der Waals surface area (Å²) in [5.74, 6) is 4.86. The van der Waals surface area contributed by atoms with Crippen molar-refractivity contribution in [3.63, 3.8) is 0 Å². The first-order chi connectivity index (χ1) is 7.79. The van der Waals surface area contributed by atoms with E-state index in [-0.39, 0.29) is 18.1 Å². The standard InChI is InChI=1S/C10H19N3O3/c11-12-10(14)9-2-1-8(16-9)7-13-3-5-15-6-4-13/h8-9H,1-7,11H2,(H,12,14). The van der Waals surface area contributed by atoms with Crippen LogP contribution in [0.3, 0.4) is 0 Å². The summed E-state index contributed by atoms with van der Waals surface area (Å²) in [7, 11) is 0. The Morgan fingerprint density at radius 1 is 1.38 bits per heavy atom. The molecule has 0 radical (unpaired) electrons. The molecule has 16 heavy (non-hydrogen) atoms. The number of carbonyl (C=O) groups is 1. The van der Waals surface area contributed by atoms with Gasteiger partial charge in [-0.3, -0.25) is 15.1 Å². The van der Waals surface area contributed by atoms with E-state index in [0.717, 1.165) is 45.7 Å². The SMILES string of the molecule is NNC(=O)C1CCC(CN2CCOCC2)O1. The molecule has 2 fully saturated rings. The van der Waals surface area contributed by atoms with E-state index < -0.39 is 0 Å². The van der Waals surface area contributed by atoms with Gasteiger partial charge in [0.05, 0.1) is 19.3 Å². The number of carbonyl (C=O) groups excluding carboxylic acids is 1. The molecule has 2 rings (SSSR count). The quantitative estimate of drug-likeness (QED) is 0.363. The normalized spacial score (nSPS) is 31.6. The predicted octanol–water partition coefficient (Wildman–Crippen LogP) is -1.14. The van der Waals surface area contributed by atoms with Crippen molar-refractivity contribution in [3.05, 3.63) is 0 Å². The summed E-state index contributed by atoms with van der Waals surface area (Å²) < 4.78 is 10.9. The maximum absolute atomic E-state index is 11.3. The number of amides is 1. The van der Waals surface area contributed by atoms with Crippen molar-refractivity contribution in [1.29, 1.82) is 0 Å². The average Bonchev–Trinajstić information content (AvgIpc) is 2.78. The van der Waals surface area contributed by atoms with Gasteiger partial charge >= 0.3 is 0 Å². The summed E-state index contributed by atoms with van der Waals surface area (Å²) >= 11 is 0. The highest BCUT2D eigenvalue weighted by molar-refractivity contribution is 5.80. The van der Waals surface area contributed by atoms with Gasteiger partial charge in [-0.15, -0.1) is 0 Å². The first-order valence-electron chi connectivity index (χ1n) is 5.75. The third-order valence-electron chi connectivity index (χ3n) is 3.11. The Morgan fingerprint density at radius 2 is 2.12 bits per heavy atom. The van der Waals surface area contributed by atoms with E-state index in [1.165, 1.54) is 0 Å². The number of nitrogens with one attached hydrogen (secondary N) is 1. The van der Waals surface area contributed by atoms with Gasteiger partial charge in [-0.25, -0.2) is 5.84 Å². The van der Waals surface area contributed by atoms with Crippen LogP contribution in [0, 0.1) is 0 Å². The maximum Gasteiger partial charge on any atom is 0.263 e. The number of morpholine rings is 1. The number of nitrogens with zero attached hydrogens (tertiary/aromatic N) is 1. The lowest BCUT2D eigenvalue weighted by Crippen LogP contribution is -2.42. The minimum absolute atomic E-state index is 0.153. The molecule has 0 aliphatic carbocycles. The van der Waals surface area contributed by atoms with Crippen molar-refractivity contribution in [2.75, 3.05) is 32.8 Å². The molecule has 92 valence electrons. The van der Waals surface area contributed by atoms with Crippen molar-refractivity contribution >= 4 is 5.91 Å². The van der Waals surface area contributed by atoms with Gasteiger partial charge in [0.2, 0.25) is 0 Å². The van der Waals surface area contributed by atoms with Crippen LogP contribution in [0.4, 0.5) is 0 Å². The smallest absolute Gasteiger partial charge is 0.263 e. The molecule has 0 saturated carbocycles. The van der Waals surface area contributed by atoms with Crippen molar-refractivity contribution in [2.24, 2.45) is 5.84 Å². The number of hydrazine groups is 1. The van der Waals surface area contributed by atoms with Gasteiger partial charge in [0, 0.05) is 19.6 Å². The summed E-state index contributed by atoms with van der Waals surface area (Å²) in [4.78, 5) is 13.6. The minimum atomic E-state index is -0.365. The fourth-order valence-electron chi connectivity index (χ4n) is 2.20. The van der Waals surface area contributed by atoms with Crippen LogP contribution in [0.2, 0.25) is 0 Å². The highest BCUT2D eigenvalue weighted by Gasteiger charge is 2.31. The fourth-order valence-corrected chi connectivity index (χ4v) is 2.20. The molecule has 2 atom stereocenters. The maximum atomic E-state index is 11.3. The van der Waals surface area contributed by atoms with Gasteiger partial charge in [0.25, 0.3) is 5.91 Å². The largest absolute Gasteiger partial charge is 0.379 e. The summed E-state index contributed by atoms with van der Waals surface area (Å²) in [6.45, 7) is 4.37. The predicted molar refractivity (Wildman–Crippen MR) is 57.5 cm³/mol. The lowest BCUT2D eigenvalue weighted by atomic mass is 10.2. The Labute approximate surface area is 95.0 Å². The van der Waals surface area contributed by atoms with Crippen LogP contribution in [0.15, 0.2) is 0 Å². The second kappa shape index (κ2) is 5.58.